The van der Waals surface area contributed by atoms with Crippen LogP contribution in [0.4, 0.5) is 13.2 Å². The van der Waals surface area contributed by atoms with Gasteiger partial charge in [0, 0.05) is 25.4 Å². The van der Waals surface area contributed by atoms with Gasteiger partial charge in [0.05, 0.1) is 12.2 Å². The lowest BCUT2D eigenvalue weighted by Crippen LogP contribution is -2.37. The second kappa shape index (κ2) is 11.1. The van der Waals surface area contributed by atoms with Crippen molar-refractivity contribution < 1.29 is 13.2 Å². The molecule has 1 heterocycles. The van der Waals surface area contributed by atoms with Crippen LogP contribution in [0.25, 0.3) is 0 Å². The summed E-state index contributed by atoms with van der Waals surface area (Å²) in [6, 6.07) is 0. The summed E-state index contributed by atoms with van der Waals surface area (Å²) in [4.78, 5) is 8.54. The number of thiazole rings is 1. The standard InChI is InChI=1S/C14H23F3N4S.HI/c1-10(2)11-9-22-12(21-11)8-20-13(18-3)19-7-5-4-6-14(15,16)17;/h9-10H,4-8H2,1-3H3,(H2,18,19,20);1H. The van der Waals surface area contributed by atoms with E-state index in [2.05, 4.69) is 34.5 Å². The predicted molar refractivity (Wildman–Crippen MR) is 99.7 cm³/mol. The third-order valence-corrected chi connectivity index (χ3v) is 3.84. The number of halogens is 4. The molecule has 4 nitrogen and oxygen atoms in total. The van der Waals surface area contributed by atoms with E-state index in [4.69, 9.17) is 0 Å². The molecule has 0 aliphatic carbocycles. The molecule has 1 aromatic rings. The van der Waals surface area contributed by atoms with E-state index in [0.717, 1.165) is 10.7 Å². The van der Waals surface area contributed by atoms with Crippen molar-refractivity contribution in [1.82, 2.24) is 15.6 Å². The molecule has 0 bridgehead atoms. The summed E-state index contributed by atoms with van der Waals surface area (Å²) >= 11 is 1.58. The molecule has 0 aliphatic heterocycles. The Bertz CT molecular complexity index is 475. The fraction of sp³-hybridized carbons (Fsp3) is 0.714. The number of nitrogens with one attached hydrogen (secondary N) is 2. The fourth-order valence-electron chi connectivity index (χ4n) is 1.71. The highest BCUT2D eigenvalue weighted by atomic mass is 127. The molecule has 23 heavy (non-hydrogen) atoms. The van der Waals surface area contributed by atoms with E-state index in [1.54, 1.807) is 18.4 Å². The fourth-order valence-corrected chi connectivity index (χ4v) is 2.60. The maximum atomic E-state index is 12.0. The normalized spacial score (nSPS) is 12.2. The lowest BCUT2D eigenvalue weighted by molar-refractivity contribution is -0.135. The molecule has 0 aliphatic rings. The maximum Gasteiger partial charge on any atom is 0.389 e. The number of guanidine groups is 1. The molecular formula is C14H24F3IN4S. The second-order valence-corrected chi connectivity index (χ2v) is 6.19. The van der Waals surface area contributed by atoms with Crippen LogP contribution in [0.2, 0.25) is 0 Å². The lowest BCUT2D eigenvalue weighted by Gasteiger charge is -2.11. The Morgan fingerprint density at radius 3 is 2.52 bits per heavy atom. The number of alkyl halides is 3. The third kappa shape index (κ3) is 10.0. The highest BCUT2D eigenvalue weighted by molar-refractivity contribution is 14.0. The smallest absolute Gasteiger partial charge is 0.356 e. The van der Waals surface area contributed by atoms with E-state index in [-0.39, 0.29) is 30.4 Å². The van der Waals surface area contributed by atoms with Crippen LogP contribution in [-0.4, -0.2) is 30.7 Å². The molecule has 1 aromatic heterocycles. The maximum absolute atomic E-state index is 12.0. The molecule has 9 heteroatoms. The Balaban J connectivity index is 0.00000484. The molecule has 2 N–H and O–H groups in total. The van der Waals surface area contributed by atoms with Gasteiger partial charge >= 0.3 is 6.18 Å². The summed E-state index contributed by atoms with van der Waals surface area (Å²) in [6.07, 6.45) is -4.23. The Morgan fingerprint density at radius 1 is 1.30 bits per heavy atom. The van der Waals surface area contributed by atoms with Crippen LogP contribution in [0.1, 0.15) is 49.7 Å². The van der Waals surface area contributed by atoms with E-state index < -0.39 is 12.6 Å². The van der Waals surface area contributed by atoms with Gasteiger partial charge in [-0.1, -0.05) is 13.8 Å². The molecule has 0 unspecified atom stereocenters. The van der Waals surface area contributed by atoms with E-state index >= 15 is 0 Å². The molecule has 1 rings (SSSR count). The lowest BCUT2D eigenvalue weighted by atomic mass is 10.2. The Hall–Kier alpha value is -0.580. The number of hydrogen-bond donors (Lipinski definition) is 2. The van der Waals surface area contributed by atoms with Crippen molar-refractivity contribution in [2.75, 3.05) is 13.6 Å². The van der Waals surface area contributed by atoms with Crippen molar-refractivity contribution in [3.05, 3.63) is 16.1 Å². The van der Waals surface area contributed by atoms with Gasteiger partial charge in [-0.2, -0.15) is 13.2 Å². The van der Waals surface area contributed by atoms with E-state index in [1.165, 1.54) is 0 Å². The number of hydrogen-bond acceptors (Lipinski definition) is 3. The van der Waals surface area contributed by atoms with Crippen molar-refractivity contribution in [3.63, 3.8) is 0 Å². The molecule has 0 amide bonds. The molecular weight excluding hydrogens is 440 g/mol. The van der Waals surface area contributed by atoms with Crippen LogP contribution in [0.3, 0.4) is 0 Å². The molecule has 0 atom stereocenters. The van der Waals surface area contributed by atoms with Crippen molar-refractivity contribution in [3.8, 4) is 0 Å². The highest BCUT2D eigenvalue weighted by Crippen LogP contribution is 2.21. The van der Waals surface area contributed by atoms with Crippen LogP contribution >= 0.6 is 35.3 Å². The molecule has 0 radical (unpaired) electrons. The number of unbranched alkanes of at least 4 members (excludes halogenated alkanes) is 1. The van der Waals surface area contributed by atoms with Gasteiger partial charge in [-0.15, -0.1) is 35.3 Å². The van der Waals surface area contributed by atoms with Gasteiger partial charge in [-0.3, -0.25) is 4.99 Å². The van der Waals surface area contributed by atoms with Crippen molar-refractivity contribution >= 4 is 41.3 Å². The summed E-state index contributed by atoms with van der Waals surface area (Å²) < 4.78 is 36.0. The van der Waals surface area contributed by atoms with Gasteiger partial charge in [-0.05, 0) is 18.8 Å². The van der Waals surface area contributed by atoms with Crippen molar-refractivity contribution in [1.29, 1.82) is 0 Å². The monoisotopic (exact) mass is 464 g/mol. The van der Waals surface area contributed by atoms with Crippen molar-refractivity contribution in [2.24, 2.45) is 4.99 Å². The van der Waals surface area contributed by atoms with Crippen LogP contribution in [0.5, 0.6) is 0 Å². The SMILES string of the molecule is CN=C(NCCCCC(F)(F)F)NCc1nc(C(C)C)cs1.I. The molecule has 0 spiro atoms. The molecule has 0 aromatic carbocycles. The molecule has 0 saturated heterocycles. The topological polar surface area (TPSA) is 49.3 Å². The molecule has 0 saturated carbocycles. The largest absolute Gasteiger partial charge is 0.389 e. The molecule has 134 valence electrons. The minimum Gasteiger partial charge on any atom is -0.356 e. The zero-order chi connectivity index (χ0) is 16.6. The van der Waals surface area contributed by atoms with Crippen molar-refractivity contribution in [2.45, 2.75) is 51.7 Å². The van der Waals surface area contributed by atoms with Gasteiger partial charge in [0.1, 0.15) is 5.01 Å². The second-order valence-electron chi connectivity index (χ2n) is 5.25. The summed E-state index contributed by atoms with van der Waals surface area (Å²) in [5.74, 6) is 0.976. The average molecular weight is 464 g/mol. The number of rotatable bonds is 7. The zero-order valence-corrected chi connectivity index (χ0v) is 16.7. The first kappa shape index (κ1) is 22.4. The Labute approximate surface area is 156 Å². The average Bonchev–Trinajstić information content (AvgIpc) is 2.89. The van der Waals surface area contributed by atoms with Gasteiger partial charge in [0.25, 0.3) is 0 Å². The summed E-state index contributed by atoms with van der Waals surface area (Å²) in [5.41, 5.74) is 1.07. The third-order valence-electron chi connectivity index (χ3n) is 2.97. The van der Waals surface area contributed by atoms with Gasteiger partial charge < -0.3 is 10.6 Å². The summed E-state index contributed by atoms with van der Waals surface area (Å²) in [5, 5.41) is 9.11. The summed E-state index contributed by atoms with van der Waals surface area (Å²) in [7, 11) is 1.63. The first-order chi connectivity index (χ1) is 10.3. The predicted octanol–water partition coefficient (Wildman–Crippen LogP) is 4.28. The Kier molecular flexibility index (Phi) is 10.8. The minimum absolute atomic E-state index is 0. The Morgan fingerprint density at radius 2 is 2.00 bits per heavy atom. The quantitative estimate of drug-likeness (QED) is 0.274. The number of aliphatic imine (C=N–C) groups is 1. The van der Waals surface area contributed by atoms with Crippen LogP contribution in [0.15, 0.2) is 10.4 Å². The molecule has 0 fully saturated rings. The minimum atomic E-state index is -4.07. The van der Waals surface area contributed by atoms with Gasteiger partial charge in [0.15, 0.2) is 5.96 Å². The van der Waals surface area contributed by atoms with Gasteiger partial charge in [0.2, 0.25) is 0 Å². The van der Waals surface area contributed by atoms with Gasteiger partial charge in [-0.25, -0.2) is 4.98 Å². The first-order valence-corrected chi connectivity index (χ1v) is 8.15. The van der Waals surface area contributed by atoms with Crippen LogP contribution < -0.4 is 10.6 Å². The van der Waals surface area contributed by atoms with E-state index in [9.17, 15) is 13.2 Å². The number of nitrogens with zero attached hydrogens (tertiary/aromatic N) is 2. The van der Waals surface area contributed by atoms with Crippen LogP contribution in [-0.2, 0) is 6.54 Å². The van der Waals surface area contributed by atoms with Crippen LogP contribution in [0, 0.1) is 0 Å². The number of aromatic nitrogens is 1. The van der Waals surface area contributed by atoms with E-state index in [0.29, 0.717) is 31.4 Å². The van der Waals surface area contributed by atoms with E-state index in [1.807, 2.05) is 5.38 Å². The zero-order valence-electron chi connectivity index (χ0n) is 13.5. The highest BCUT2D eigenvalue weighted by Gasteiger charge is 2.25. The first-order valence-electron chi connectivity index (χ1n) is 7.27. The summed E-state index contributed by atoms with van der Waals surface area (Å²) in [6.45, 7) is 5.20.